The second-order valence-corrected chi connectivity index (χ2v) is 4.99. The smallest absolute Gasteiger partial charge is 0.407 e. The van der Waals surface area contributed by atoms with Crippen LogP contribution < -0.4 is 5.32 Å². The third-order valence-corrected chi connectivity index (χ3v) is 2.94. The van der Waals surface area contributed by atoms with Gasteiger partial charge < -0.3 is 14.8 Å². The van der Waals surface area contributed by atoms with Gasteiger partial charge in [0.25, 0.3) is 0 Å². The molecule has 0 bridgehead atoms. The summed E-state index contributed by atoms with van der Waals surface area (Å²) in [5, 5.41) is 3.26. The molecule has 0 aromatic heterocycles. The van der Waals surface area contributed by atoms with Gasteiger partial charge >= 0.3 is 6.09 Å². The number of alkyl carbamates (subject to hydrolysis) is 1. The second kappa shape index (κ2) is 7.36. The number of amides is 1. The van der Waals surface area contributed by atoms with E-state index in [2.05, 4.69) is 5.32 Å². The molecule has 0 aliphatic heterocycles. The van der Waals surface area contributed by atoms with Crippen molar-refractivity contribution in [3.8, 4) is 0 Å². The van der Waals surface area contributed by atoms with E-state index in [1.165, 1.54) is 0 Å². The normalized spacial score (nSPS) is 14.0. The zero-order chi connectivity index (χ0) is 14.4. The van der Waals surface area contributed by atoms with Gasteiger partial charge in [0.2, 0.25) is 0 Å². The average Bonchev–Trinajstić information content (AvgIpc) is 2.31. The van der Waals surface area contributed by atoms with Gasteiger partial charge in [0.15, 0.2) is 0 Å². The van der Waals surface area contributed by atoms with Gasteiger partial charge in [-0.15, -0.1) is 0 Å². The van der Waals surface area contributed by atoms with Crippen molar-refractivity contribution in [2.45, 2.75) is 39.0 Å². The first-order valence-electron chi connectivity index (χ1n) is 6.20. The molecule has 106 valence electrons. The Hall–Kier alpha value is -1.26. The van der Waals surface area contributed by atoms with Crippen LogP contribution in [0.2, 0.25) is 5.02 Å². The van der Waals surface area contributed by atoms with Gasteiger partial charge in [0.05, 0.1) is 0 Å². The van der Waals surface area contributed by atoms with E-state index in [1.54, 1.807) is 20.1 Å². The van der Waals surface area contributed by atoms with E-state index in [-0.39, 0.29) is 6.04 Å². The molecule has 0 heterocycles. The largest absolute Gasteiger partial charge is 0.443 e. The van der Waals surface area contributed by atoms with Crippen LogP contribution in [0.25, 0.3) is 0 Å². The zero-order valence-corrected chi connectivity index (χ0v) is 12.4. The van der Waals surface area contributed by atoms with Crippen molar-refractivity contribution in [2.24, 2.45) is 0 Å². The molecule has 0 radical (unpaired) electrons. The van der Waals surface area contributed by atoms with Crippen LogP contribution in [0.15, 0.2) is 24.3 Å². The van der Waals surface area contributed by atoms with Crippen LogP contribution >= 0.6 is 11.6 Å². The first-order chi connectivity index (χ1) is 8.95. The van der Waals surface area contributed by atoms with Gasteiger partial charge in [0.1, 0.15) is 12.2 Å². The summed E-state index contributed by atoms with van der Waals surface area (Å²) in [6, 6.07) is 7.38. The van der Waals surface area contributed by atoms with Crippen molar-refractivity contribution in [2.75, 3.05) is 7.11 Å². The highest BCUT2D eigenvalue weighted by Gasteiger charge is 2.24. The van der Waals surface area contributed by atoms with Crippen molar-refractivity contribution in [1.29, 1.82) is 0 Å². The summed E-state index contributed by atoms with van der Waals surface area (Å²) < 4.78 is 10.7. The van der Waals surface area contributed by atoms with Crippen LogP contribution in [0.4, 0.5) is 4.79 Å². The summed E-state index contributed by atoms with van der Waals surface area (Å²) >= 11 is 6.13. The fourth-order valence-electron chi connectivity index (χ4n) is 1.78. The van der Waals surface area contributed by atoms with E-state index in [1.807, 2.05) is 32.0 Å². The number of hydrogen-bond donors (Lipinski definition) is 1. The maximum Gasteiger partial charge on any atom is 0.407 e. The van der Waals surface area contributed by atoms with E-state index in [4.69, 9.17) is 21.1 Å². The Morgan fingerprint density at radius 2 is 1.89 bits per heavy atom. The lowest BCUT2D eigenvalue weighted by Gasteiger charge is -2.24. The number of hydrogen-bond acceptors (Lipinski definition) is 3. The highest BCUT2D eigenvalue weighted by atomic mass is 35.5. The molecule has 4 nitrogen and oxygen atoms in total. The van der Waals surface area contributed by atoms with Gasteiger partial charge in [-0.05, 0) is 26.8 Å². The third kappa shape index (κ3) is 4.73. The van der Waals surface area contributed by atoms with E-state index in [9.17, 15) is 4.79 Å². The number of benzene rings is 1. The summed E-state index contributed by atoms with van der Waals surface area (Å²) in [4.78, 5) is 11.6. The Kier molecular flexibility index (Phi) is 6.12. The number of halogens is 1. The molecule has 1 unspecified atom stereocenters. The number of ether oxygens (including phenoxy) is 2. The third-order valence-electron chi connectivity index (χ3n) is 2.59. The number of carbonyl (C=O) groups excluding carboxylic acids is 1. The molecule has 1 N–H and O–H groups in total. The van der Waals surface area contributed by atoms with Crippen molar-refractivity contribution < 1.29 is 14.3 Å². The van der Waals surface area contributed by atoms with Crippen LogP contribution in [-0.4, -0.2) is 25.3 Å². The van der Waals surface area contributed by atoms with Crippen molar-refractivity contribution in [3.05, 3.63) is 34.9 Å². The van der Waals surface area contributed by atoms with Crippen LogP contribution in [0.5, 0.6) is 0 Å². The molecule has 19 heavy (non-hydrogen) atoms. The number of methoxy groups -OCH3 is 1. The van der Waals surface area contributed by atoms with Crippen LogP contribution in [0.1, 0.15) is 32.4 Å². The van der Waals surface area contributed by atoms with E-state index in [0.29, 0.717) is 5.02 Å². The molecular weight excluding hydrogens is 266 g/mol. The Morgan fingerprint density at radius 1 is 1.26 bits per heavy atom. The SMILES string of the molecule is CO[C@H](c1ccccc1Cl)C(C)OC(=O)NC(C)C. The summed E-state index contributed by atoms with van der Waals surface area (Å²) in [6.45, 7) is 5.51. The molecular formula is C14H20ClNO3. The molecule has 0 spiro atoms. The Bertz CT molecular complexity index is 423. The summed E-state index contributed by atoms with van der Waals surface area (Å²) in [6.07, 6.45) is -1.30. The molecule has 1 aromatic rings. The lowest BCUT2D eigenvalue weighted by Crippen LogP contribution is -2.35. The molecule has 5 heteroatoms. The molecule has 1 aromatic carbocycles. The molecule has 0 fully saturated rings. The van der Waals surface area contributed by atoms with Crippen LogP contribution in [0, 0.1) is 0 Å². The molecule has 2 atom stereocenters. The van der Waals surface area contributed by atoms with Crippen molar-refractivity contribution in [1.82, 2.24) is 5.32 Å². The molecule has 1 rings (SSSR count). The Morgan fingerprint density at radius 3 is 2.42 bits per heavy atom. The molecule has 1 amide bonds. The second-order valence-electron chi connectivity index (χ2n) is 4.59. The van der Waals surface area contributed by atoms with E-state index < -0.39 is 18.3 Å². The standard InChI is InChI=1S/C14H20ClNO3/c1-9(2)16-14(17)19-10(3)13(18-4)11-7-5-6-8-12(11)15/h5-10,13H,1-4H3,(H,16,17)/t10?,13-/m0/s1. The lowest BCUT2D eigenvalue weighted by molar-refractivity contribution is -0.0152. The summed E-state index contributed by atoms with van der Waals surface area (Å²) in [5.74, 6) is 0. The summed E-state index contributed by atoms with van der Waals surface area (Å²) in [5.41, 5.74) is 0.802. The minimum atomic E-state index is -0.461. The Labute approximate surface area is 119 Å². The minimum Gasteiger partial charge on any atom is -0.443 e. The monoisotopic (exact) mass is 285 g/mol. The number of carbonyl (C=O) groups is 1. The predicted molar refractivity (Wildman–Crippen MR) is 75.4 cm³/mol. The fraction of sp³-hybridized carbons (Fsp3) is 0.500. The quantitative estimate of drug-likeness (QED) is 0.900. The van der Waals surface area contributed by atoms with Gasteiger partial charge in [-0.3, -0.25) is 0 Å². The Balaban J connectivity index is 2.75. The topological polar surface area (TPSA) is 47.6 Å². The number of nitrogens with one attached hydrogen (secondary N) is 1. The first kappa shape index (κ1) is 15.8. The van der Waals surface area contributed by atoms with Gasteiger partial charge in [-0.2, -0.15) is 0 Å². The van der Waals surface area contributed by atoms with Gasteiger partial charge in [-0.25, -0.2) is 4.79 Å². The molecule has 0 aliphatic carbocycles. The van der Waals surface area contributed by atoms with E-state index in [0.717, 1.165) is 5.56 Å². The van der Waals surface area contributed by atoms with E-state index >= 15 is 0 Å². The maximum absolute atomic E-state index is 11.6. The zero-order valence-electron chi connectivity index (χ0n) is 11.6. The first-order valence-corrected chi connectivity index (χ1v) is 6.57. The fourth-order valence-corrected chi connectivity index (χ4v) is 2.02. The lowest BCUT2D eigenvalue weighted by atomic mass is 10.1. The van der Waals surface area contributed by atoms with Crippen LogP contribution in [-0.2, 0) is 9.47 Å². The molecule has 0 saturated carbocycles. The van der Waals surface area contributed by atoms with Crippen molar-refractivity contribution >= 4 is 17.7 Å². The average molecular weight is 286 g/mol. The van der Waals surface area contributed by atoms with Gasteiger partial charge in [0, 0.05) is 23.7 Å². The highest BCUT2D eigenvalue weighted by Crippen LogP contribution is 2.28. The minimum absolute atomic E-state index is 0.0287. The number of rotatable bonds is 5. The summed E-state index contributed by atoms with van der Waals surface area (Å²) in [7, 11) is 1.56. The predicted octanol–water partition coefficient (Wildman–Crippen LogP) is 3.55. The highest BCUT2D eigenvalue weighted by molar-refractivity contribution is 6.31. The molecule has 0 saturated heterocycles. The van der Waals surface area contributed by atoms with Crippen molar-refractivity contribution in [3.63, 3.8) is 0 Å². The van der Waals surface area contributed by atoms with Gasteiger partial charge in [-0.1, -0.05) is 29.8 Å². The maximum atomic E-state index is 11.6. The molecule has 0 aliphatic rings. The van der Waals surface area contributed by atoms with Crippen LogP contribution in [0.3, 0.4) is 0 Å².